The van der Waals surface area contributed by atoms with Crippen molar-refractivity contribution in [2.45, 2.75) is 43.6 Å². The minimum absolute atomic E-state index is 0.185. The number of methoxy groups -OCH3 is 1. The Labute approximate surface area is 119 Å². The highest BCUT2D eigenvalue weighted by Gasteiger charge is 2.45. The van der Waals surface area contributed by atoms with Crippen LogP contribution in [-0.2, 0) is 15.1 Å². The van der Waals surface area contributed by atoms with E-state index in [2.05, 4.69) is 10.1 Å². The molecule has 1 aromatic rings. The second-order valence-corrected chi connectivity index (χ2v) is 5.04. The van der Waals surface area contributed by atoms with Gasteiger partial charge in [-0.15, -0.1) is 0 Å². The quantitative estimate of drug-likeness (QED) is 0.913. The third-order valence-electron chi connectivity index (χ3n) is 3.74. The third-order valence-corrected chi connectivity index (χ3v) is 3.74. The van der Waals surface area contributed by atoms with Crippen molar-refractivity contribution in [2.75, 3.05) is 20.3 Å². The van der Waals surface area contributed by atoms with Crippen LogP contribution in [0.5, 0.6) is 0 Å². The zero-order chi connectivity index (χ0) is 15.7. The molecule has 0 aromatic carbocycles. The maximum Gasteiger partial charge on any atom is 0.415 e. The number of ether oxygens (including phenoxy) is 2. The molecule has 120 valence electrons. The molecule has 2 rings (SSSR count). The van der Waals surface area contributed by atoms with E-state index in [0.29, 0.717) is 26.1 Å². The molecule has 0 amide bonds. The Bertz CT molecular complexity index is 471. The van der Waals surface area contributed by atoms with Crippen LogP contribution in [0.25, 0.3) is 0 Å². The number of aromatic nitrogens is 2. The largest absolute Gasteiger partial charge is 0.415 e. The molecule has 2 atom stereocenters. The van der Waals surface area contributed by atoms with Crippen LogP contribution in [0.4, 0.5) is 13.2 Å². The van der Waals surface area contributed by atoms with E-state index >= 15 is 0 Å². The Balaban J connectivity index is 2.21. The third kappa shape index (κ3) is 3.19. The zero-order valence-electron chi connectivity index (χ0n) is 11.7. The van der Waals surface area contributed by atoms with Crippen LogP contribution in [0.3, 0.4) is 0 Å². The van der Waals surface area contributed by atoms with Gasteiger partial charge in [-0.1, -0.05) is 12.1 Å². The van der Waals surface area contributed by atoms with Crippen LogP contribution in [0.2, 0.25) is 0 Å². The highest BCUT2D eigenvalue weighted by atomic mass is 19.4. The number of hydrogen-bond donors (Lipinski definition) is 1. The van der Waals surface area contributed by atoms with Gasteiger partial charge in [-0.25, -0.2) is 0 Å². The molecule has 1 fully saturated rings. The van der Waals surface area contributed by atoms with Crippen LogP contribution in [0.1, 0.15) is 37.4 Å². The molecule has 0 saturated carbocycles. The fourth-order valence-corrected chi connectivity index (χ4v) is 2.24. The van der Waals surface area contributed by atoms with Crippen LogP contribution in [0, 0.1) is 0 Å². The molecule has 1 aliphatic heterocycles. The molecule has 0 aliphatic carbocycles. The molecule has 2 unspecified atom stereocenters. The van der Waals surface area contributed by atoms with Crippen molar-refractivity contribution < 1.29 is 32.3 Å². The molecule has 0 radical (unpaired) electrons. The first-order valence-corrected chi connectivity index (χ1v) is 6.52. The van der Waals surface area contributed by atoms with Gasteiger partial charge in [-0.3, -0.25) is 0 Å². The predicted octanol–water partition coefficient (Wildman–Crippen LogP) is 1.75. The summed E-state index contributed by atoms with van der Waals surface area (Å²) >= 11 is 0. The monoisotopic (exact) mass is 310 g/mol. The van der Waals surface area contributed by atoms with Gasteiger partial charge < -0.3 is 19.1 Å². The number of hydrogen-bond acceptors (Lipinski definition) is 6. The summed E-state index contributed by atoms with van der Waals surface area (Å²) in [6.07, 6.45) is -6.33. The molecule has 1 aromatic heterocycles. The predicted molar refractivity (Wildman–Crippen MR) is 63.5 cm³/mol. The maximum absolute atomic E-state index is 12.5. The average Bonchev–Trinajstić information content (AvgIpc) is 2.95. The summed E-state index contributed by atoms with van der Waals surface area (Å²) in [5, 5.41) is 13.0. The number of halogens is 3. The van der Waals surface area contributed by atoms with Gasteiger partial charge in [-0.2, -0.15) is 18.2 Å². The van der Waals surface area contributed by atoms with Crippen molar-refractivity contribution in [1.82, 2.24) is 10.1 Å². The lowest BCUT2D eigenvalue weighted by molar-refractivity contribution is -0.210. The topological polar surface area (TPSA) is 77.6 Å². The number of nitrogens with zero attached hydrogens (tertiary/aromatic N) is 2. The molecule has 1 aliphatic rings. The molecule has 6 nitrogen and oxygen atoms in total. The van der Waals surface area contributed by atoms with Crippen molar-refractivity contribution in [1.29, 1.82) is 0 Å². The Morgan fingerprint density at radius 2 is 1.95 bits per heavy atom. The first-order chi connectivity index (χ1) is 9.80. The first kappa shape index (κ1) is 16.2. The van der Waals surface area contributed by atoms with Crippen molar-refractivity contribution in [2.24, 2.45) is 0 Å². The minimum atomic E-state index is -4.74. The highest BCUT2D eigenvalue weighted by Crippen LogP contribution is 2.36. The molecule has 2 heterocycles. The lowest BCUT2D eigenvalue weighted by Gasteiger charge is -2.32. The maximum atomic E-state index is 12.5. The molecule has 0 spiro atoms. The Morgan fingerprint density at radius 3 is 2.48 bits per heavy atom. The zero-order valence-corrected chi connectivity index (χ0v) is 11.7. The highest BCUT2D eigenvalue weighted by molar-refractivity contribution is 5.06. The fraction of sp³-hybridized carbons (Fsp3) is 0.833. The number of rotatable bonds is 4. The Hall–Kier alpha value is -1.19. The van der Waals surface area contributed by atoms with Crippen LogP contribution < -0.4 is 0 Å². The molecular formula is C12H17F3N2O4. The van der Waals surface area contributed by atoms with Crippen molar-refractivity contribution >= 4 is 0 Å². The van der Waals surface area contributed by atoms with Gasteiger partial charge in [0.05, 0.1) is 5.92 Å². The van der Waals surface area contributed by atoms with Gasteiger partial charge in [0, 0.05) is 33.2 Å². The molecule has 0 bridgehead atoms. The fourth-order valence-electron chi connectivity index (χ4n) is 2.24. The Kier molecular flexibility index (Phi) is 4.54. The summed E-state index contributed by atoms with van der Waals surface area (Å²) in [6, 6.07) is 0. The molecular weight excluding hydrogens is 293 g/mol. The van der Waals surface area contributed by atoms with Crippen LogP contribution >= 0.6 is 0 Å². The molecule has 1 N–H and O–H groups in total. The summed E-state index contributed by atoms with van der Waals surface area (Å²) in [5.41, 5.74) is -0.817. The van der Waals surface area contributed by atoms with Gasteiger partial charge >= 0.3 is 6.18 Å². The summed E-state index contributed by atoms with van der Waals surface area (Å²) in [4.78, 5) is 3.99. The first-order valence-electron chi connectivity index (χ1n) is 6.52. The molecule has 1 saturated heterocycles. The Morgan fingerprint density at radius 1 is 1.33 bits per heavy atom. The van der Waals surface area contributed by atoms with E-state index in [9.17, 15) is 18.3 Å². The minimum Gasteiger partial charge on any atom is -0.383 e. The van der Waals surface area contributed by atoms with Gasteiger partial charge in [0.2, 0.25) is 11.7 Å². The average molecular weight is 310 g/mol. The van der Waals surface area contributed by atoms with Gasteiger partial charge in [0.25, 0.3) is 0 Å². The van der Waals surface area contributed by atoms with E-state index in [-0.39, 0.29) is 11.7 Å². The SMILES string of the molecule is COC1(c2noc(C(C)C(O)C(F)(F)F)n2)CCOCC1. The van der Waals surface area contributed by atoms with E-state index < -0.39 is 23.8 Å². The van der Waals surface area contributed by atoms with E-state index in [1.807, 2.05) is 0 Å². The van der Waals surface area contributed by atoms with Crippen molar-refractivity contribution in [3.05, 3.63) is 11.7 Å². The van der Waals surface area contributed by atoms with Crippen LogP contribution in [-0.4, -0.2) is 47.9 Å². The van der Waals surface area contributed by atoms with E-state index in [4.69, 9.17) is 14.0 Å². The second-order valence-electron chi connectivity index (χ2n) is 5.04. The van der Waals surface area contributed by atoms with E-state index in [1.54, 1.807) is 0 Å². The second kappa shape index (κ2) is 5.90. The van der Waals surface area contributed by atoms with Crippen LogP contribution in [0.15, 0.2) is 4.52 Å². The summed E-state index contributed by atoms with van der Waals surface area (Å²) < 4.78 is 53.1. The molecule has 9 heteroatoms. The summed E-state index contributed by atoms with van der Waals surface area (Å²) in [7, 11) is 1.48. The number of alkyl halides is 3. The lowest BCUT2D eigenvalue weighted by Crippen LogP contribution is -2.37. The van der Waals surface area contributed by atoms with E-state index in [0.717, 1.165) is 0 Å². The van der Waals surface area contributed by atoms with Gasteiger partial charge in [0.1, 0.15) is 5.60 Å². The number of aliphatic hydroxyl groups excluding tert-OH is 1. The summed E-state index contributed by atoms with van der Waals surface area (Å²) in [6.45, 7) is 2.07. The van der Waals surface area contributed by atoms with Crippen molar-refractivity contribution in [3.8, 4) is 0 Å². The van der Waals surface area contributed by atoms with E-state index in [1.165, 1.54) is 14.0 Å². The molecule has 21 heavy (non-hydrogen) atoms. The smallest absolute Gasteiger partial charge is 0.383 e. The van der Waals surface area contributed by atoms with Gasteiger partial charge in [-0.05, 0) is 0 Å². The standard InChI is InChI=1S/C12H17F3N2O4/c1-7(8(18)12(13,14)15)9-16-10(17-21-9)11(19-2)3-5-20-6-4-11/h7-8,18H,3-6H2,1-2H3. The van der Waals surface area contributed by atoms with Gasteiger partial charge in [0.15, 0.2) is 6.10 Å². The number of aliphatic hydroxyl groups is 1. The summed E-state index contributed by atoms with van der Waals surface area (Å²) in [5.74, 6) is -1.43. The lowest BCUT2D eigenvalue weighted by atomic mass is 9.93. The van der Waals surface area contributed by atoms with Crippen molar-refractivity contribution in [3.63, 3.8) is 0 Å². The normalized spacial score (nSPS) is 22.0.